The second-order valence-electron chi connectivity index (χ2n) is 7.74. The van der Waals surface area contributed by atoms with Gasteiger partial charge in [0.05, 0.1) is 10.9 Å². The summed E-state index contributed by atoms with van der Waals surface area (Å²) in [7, 11) is -3.84. The number of hydrogen-bond donors (Lipinski definition) is 2. The molecule has 1 fully saturated rings. The lowest BCUT2D eigenvalue weighted by Gasteiger charge is -2.37. The number of rotatable bonds is 4. The van der Waals surface area contributed by atoms with Gasteiger partial charge in [-0.2, -0.15) is 0 Å². The molecule has 1 saturated heterocycles. The largest absolute Gasteiger partial charge is 0.444 e. The maximum Gasteiger partial charge on any atom is 0.410 e. The van der Waals surface area contributed by atoms with Gasteiger partial charge in [-0.25, -0.2) is 18.4 Å². The average molecular weight is 413 g/mol. The third-order valence-electron chi connectivity index (χ3n) is 4.32. The zero-order valence-electron chi connectivity index (χ0n) is 16.6. The molecule has 9 nitrogen and oxygen atoms in total. The molecular formula is C18H28N4O5S. The molecule has 28 heavy (non-hydrogen) atoms. The van der Waals surface area contributed by atoms with Gasteiger partial charge >= 0.3 is 6.09 Å². The van der Waals surface area contributed by atoms with Gasteiger partial charge in [0.25, 0.3) is 0 Å². The number of primary sulfonamides is 1. The van der Waals surface area contributed by atoms with E-state index in [0.29, 0.717) is 31.9 Å². The highest BCUT2D eigenvalue weighted by Gasteiger charge is 2.29. The van der Waals surface area contributed by atoms with Gasteiger partial charge in [0.15, 0.2) is 0 Å². The number of sulfonamides is 1. The lowest BCUT2D eigenvalue weighted by molar-refractivity contribution is -0.121. The minimum Gasteiger partial charge on any atom is -0.444 e. The van der Waals surface area contributed by atoms with E-state index in [1.165, 1.54) is 18.2 Å². The van der Waals surface area contributed by atoms with Crippen molar-refractivity contribution in [3.05, 3.63) is 24.3 Å². The third-order valence-corrected chi connectivity index (χ3v) is 5.23. The third kappa shape index (κ3) is 6.18. The number of ether oxygens (including phenoxy) is 1. The number of hydrogen-bond acceptors (Lipinski definition) is 6. The SMILES string of the molecule is CC(C(=O)Nc1cccc(S(N)(=O)=O)c1)N1CCN(C(=O)OC(C)(C)C)CC1. The molecule has 1 aliphatic rings. The second-order valence-corrected chi connectivity index (χ2v) is 9.30. The minimum atomic E-state index is -3.84. The van der Waals surface area contributed by atoms with Crippen LogP contribution in [0.5, 0.6) is 0 Å². The minimum absolute atomic E-state index is 0.0658. The number of carbonyl (C=O) groups excluding carboxylic acids is 2. The molecule has 0 radical (unpaired) electrons. The Bertz CT molecular complexity index is 827. The molecule has 0 saturated carbocycles. The van der Waals surface area contributed by atoms with E-state index in [0.717, 1.165) is 0 Å². The molecule has 2 amide bonds. The second kappa shape index (κ2) is 8.46. The summed E-state index contributed by atoms with van der Waals surface area (Å²) in [5.74, 6) is -0.266. The molecule has 0 bridgehead atoms. The van der Waals surface area contributed by atoms with Crippen molar-refractivity contribution >= 4 is 27.7 Å². The summed E-state index contributed by atoms with van der Waals surface area (Å²) in [6.45, 7) is 9.22. The van der Waals surface area contributed by atoms with E-state index < -0.39 is 21.7 Å². The molecule has 10 heteroatoms. The molecule has 1 unspecified atom stereocenters. The number of nitrogens with one attached hydrogen (secondary N) is 1. The van der Waals surface area contributed by atoms with E-state index in [1.807, 2.05) is 25.7 Å². The van der Waals surface area contributed by atoms with Crippen molar-refractivity contribution in [3.63, 3.8) is 0 Å². The molecule has 0 aromatic heterocycles. The van der Waals surface area contributed by atoms with Gasteiger partial charge in [-0.15, -0.1) is 0 Å². The number of piperazine rings is 1. The highest BCUT2D eigenvalue weighted by molar-refractivity contribution is 7.89. The number of nitrogens with zero attached hydrogens (tertiary/aromatic N) is 2. The van der Waals surface area contributed by atoms with E-state index in [2.05, 4.69) is 5.32 Å². The Morgan fingerprint density at radius 3 is 2.32 bits per heavy atom. The summed E-state index contributed by atoms with van der Waals surface area (Å²) in [6.07, 6.45) is -0.357. The first-order chi connectivity index (χ1) is 12.9. The Balaban J connectivity index is 1.92. The van der Waals surface area contributed by atoms with E-state index in [9.17, 15) is 18.0 Å². The number of amides is 2. The fourth-order valence-electron chi connectivity index (χ4n) is 2.78. The van der Waals surface area contributed by atoms with Crippen LogP contribution in [0.3, 0.4) is 0 Å². The van der Waals surface area contributed by atoms with Gasteiger partial charge in [-0.3, -0.25) is 9.69 Å². The quantitative estimate of drug-likeness (QED) is 0.767. The maximum atomic E-state index is 12.5. The van der Waals surface area contributed by atoms with Gasteiger partial charge in [0.2, 0.25) is 15.9 Å². The Morgan fingerprint density at radius 1 is 1.18 bits per heavy atom. The zero-order chi connectivity index (χ0) is 21.1. The molecule has 1 atom stereocenters. The number of benzene rings is 1. The van der Waals surface area contributed by atoms with Gasteiger partial charge in [0, 0.05) is 31.9 Å². The van der Waals surface area contributed by atoms with Gasteiger partial charge < -0.3 is 15.0 Å². The molecule has 1 aromatic carbocycles. The van der Waals surface area contributed by atoms with Crippen LogP contribution in [-0.4, -0.2) is 68.0 Å². The Morgan fingerprint density at radius 2 is 1.79 bits per heavy atom. The molecule has 1 aromatic rings. The Labute approximate surface area is 165 Å². The summed E-state index contributed by atoms with van der Waals surface area (Å²) in [6, 6.07) is 5.35. The number of anilines is 1. The lowest BCUT2D eigenvalue weighted by atomic mass is 10.2. The van der Waals surface area contributed by atoms with Crippen LogP contribution < -0.4 is 10.5 Å². The summed E-state index contributed by atoms with van der Waals surface area (Å²) in [5.41, 5.74) is -0.191. The molecule has 0 spiro atoms. The van der Waals surface area contributed by atoms with E-state index in [-0.39, 0.29) is 16.9 Å². The average Bonchev–Trinajstić information content (AvgIpc) is 2.59. The predicted octanol–water partition coefficient (Wildman–Crippen LogP) is 1.21. The van der Waals surface area contributed by atoms with Crippen LogP contribution in [0.25, 0.3) is 0 Å². The molecule has 1 heterocycles. The maximum absolute atomic E-state index is 12.5. The fourth-order valence-corrected chi connectivity index (χ4v) is 3.34. The molecule has 156 valence electrons. The summed E-state index contributed by atoms with van der Waals surface area (Å²) in [5, 5.41) is 7.83. The van der Waals surface area contributed by atoms with Gasteiger partial charge in [-0.05, 0) is 45.9 Å². The molecular weight excluding hydrogens is 384 g/mol. The summed E-state index contributed by atoms with van der Waals surface area (Å²) < 4.78 is 28.2. The van der Waals surface area contributed by atoms with Crippen LogP contribution in [0.1, 0.15) is 27.7 Å². The van der Waals surface area contributed by atoms with Crippen molar-refractivity contribution in [1.82, 2.24) is 9.80 Å². The Hall–Kier alpha value is -2.17. The van der Waals surface area contributed by atoms with Crippen molar-refractivity contribution in [1.29, 1.82) is 0 Å². The predicted molar refractivity (Wildman–Crippen MR) is 105 cm³/mol. The van der Waals surface area contributed by atoms with Gasteiger partial charge in [0.1, 0.15) is 5.60 Å². The van der Waals surface area contributed by atoms with Crippen molar-refractivity contribution < 1.29 is 22.7 Å². The topological polar surface area (TPSA) is 122 Å². The normalized spacial score (nSPS) is 17.1. The van der Waals surface area contributed by atoms with Crippen molar-refractivity contribution in [2.45, 2.75) is 44.2 Å². The van der Waals surface area contributed by atoms with Crippen LogP contribution >= 0.6 is 0 Å². The van der Waals surface area contributed by atoms with E-state index >= 15 is 0 Å². The van der Waals surface area contributed by atoms with E-state index in [1.54, 1.807) is 17.9 Å². The van der Waals surface area contributed by atoms with Gasteiger partial charge in [-0.1, -0.05) is 6.07 Å². The standard InChI is InChI=1S/C18H28N4O5S/c1-13(16(23)20-14-6-5-7-15(12-14)28(19,25)26)21-8-10-22(11-9-21)17(24)27-18(2,3)4/h5-7,12-13H,8-11H2,1-4H3,(H,20,23)(H2,19,25,26). The molecule has 0 aliphatic carbocycles. The highest BCUT2D eigenvalue weighted by Crippen LogP contribution is 2.16. The smallest absolute Gasteiger partial charge is 0.410 e. The fraction of sp³-hybridized carbons (Fsp3) is 0.556. The summed E-state index contributed by atoms with van der Waals surface area (Å²) >= 11 is 0. The van der Waals surface area contributed by atoms with Crippen molar-refractivity contribution in [3.8, 4) is 0 Å². The van der Waals surface area contributed by atoms with Crippen LogP contribution in [0.15, 0.2) is 29.2 Å². The lowest BCUT2D eigenvalue weighted by Crippen LogP contribution is -2.54. The van der Waals surface area contributed by atoms with Crippen LogP contribution in [0.2, 0.25) is 0 Å². The van der Waals surface area contributed by atoms with Crippen molar-refractivity contribution in [2.75, 3.05) is 31.5 Å². The van der Waals surface area contributed by atoms with Crippen LogP contribution in [0.4, 0.5) is 10.5 Å². The number of carbonyl (C=O) groups is 2. The first-order valence-corrected chi connectivity index (χ1v) is 10.6. The molecule has 2 rings (SSSR count). The highest BCUT2D eigenvalue weighted by atomic mass is 32.2. The summed E-state index contributed by atoms with van der Waals surface area (Å²) in [4.78, 5) is 28.2. The monoisotopic (exact) mass is 412 g/mol. The number of nitrogens with two attached hydrogens (primary N) is 1. The first-order valence-electron chi connectivity index (χ1n) is 9.02. The Kier molecular flexibility index (Phi) is 6.68. The van der Waals surface area contributed by atoms with E-state index in [4.69, 9.17) is 9.88 Å². The zero-order valence-corrected chi connectivity index (χ0v) is 17.5. The first kappa shape index (κ1) is 22.1. The molecule has 3 N–H and O–H groups in total. The molecule has 1 aliphatic heterocycles. The van der Waals surface area contributed by atoms with Crippen LogP contribution in [0, 0.1) is 0 Å². The van der Waals surface area contributed by atoms with Crippen molar-refractivity contribution in [2.24, 2.45) is 5.14 Å². The van der Waals surface area contributed by atoms with Crippen LogP contribution in [-0.2, 0) is 19.6 Å².